The van der Waals surface area contributed by atoms with Gasteiger partial charge in [0.25, 0.3) is 11.5 Å². The number of rotatable bonds is 8. The second kappa shape index (κ2) is 9.93. The second-order valence-electron chi connectivity index (χ2n) is 7.48. The Morgan fingerprint density at radius 2 is 1.85 bits per heavy atom. The smallest absolute Gasteiger partial charge is 0.261 e. The fourth-order valence-electron chi connectivity index (χ4n) is 3.52. The normalized spacial score (nSPS) is 11.0. The first-order chi connectivity index (χ1) is 16.0. The maximum atomic E-state index is 12.9. The molecule has 0 atom stereocenters. The molecule has 3 heterocycles. The van der Waals surface area contributed by atoms with Gasteiger partial charge in [-0.1, -0.05) is 30.3 Å². The highest BCUT2D eigenvalue weighted by Gasteiger charge is 2.21. The van der Waals surface area contributed by atoms with Crippen molar-refractivity contribution in [2.24, 2.45) is 0 Å². The highest BCUT2D eigenvalue weighted by Crippen LogP contribution is 2.35. The van der Waals surface area contributed by atoms with Gasteiger partial charge in [-0.05, 0) is 29.7 Å². The molecule has 1 amide bonds. The largest absolute Gasteiger partial charge is 0.480 e. The third kappa shape index (κ3) is 4.94. The van der Waals surface area contributed by atoms with Gasteiger partial charge >= 0.3 is 0 Å². The second-order valence-corrected chi connectivity index (χ2v) is 8.48. The van der Waals surface area contributed by atoms with Crippen molar-refractivity contribution in [2.45, 2.75) is 26.6 Å². The van der Waals surface area contributed by atoms with Crippen LogP contribution in [-0.4, -0.2) is 34.7 Å². The average Bonchev–Trinajstić information content (AvgIpc) is 3.16. The van der Waals surface area contributed by atoms with Crippen molar-refractivity contribution in [2.75, 3.05) is 14.2 Å². The van der Waals surface area contributed by atoms with Crippen molar-refractivity contribution in [3.8, 4) is 5.88 Å². The van der Waals surface area contributed by atoms with Gasteiger partial charge in [-0.2, -0.15) is 4.98 Å². The molecular weight excluding hydrogens is 440 g/mol. The fourth-order valence-corrected chi connectivity index (χ4v) is 4.62. The Bertz CT molecular complexity index is 1350. The van der Waals surface area contributed by atoms with Gasteiger partial charge in [0.15, 0.2) is 5.82 Å². The number of ether oxygens (including phenoxy) is 2. The lowest BCUT2D eigenvalue weighted by Gasteiger charge is -2.08. The molecule has 8 nitrogen and oxygen atoms in total. The van der Waals surface area contributed by atoms with Crippen LogP contribution < -0.4 is 15.6 Å². The molecule has 0 unspecified atom stereocenters. The van der Waals surface area contributed by atoms with E-state index in [2.05, 4.69) is 15.3 Å². The molecule has 0 saturated carbocycles. The van der Waals surface area contributed by atoms with E-state index < -0.39 is 0 Å². The molecule has 4 rings (SSSR count). The van der Waals surface area contributed by atoms with E-state index in [1.165, 1.54) is 11.3 Å². The van der Waals surface area contributed by atoms with Crippen molar-refractivity contribution >= 4 is 27.5 Å². The summed E-state index contributed by atoms with van der Waals surface area (Å²) in [5.74, 6) is 0.770. The van der Waals surface area contributed by atoms with Crippen molar-refractivity contribution in [1.29, 1.82) is 0 Å². The summed E-state index contributed by atoms with van der Waals surface area (Å²) in [6.07, 6.45) is 1.77. The Kier molecular flexibility index (Phi) is 6.81. The number of benzene rings is 1. The van der Waals surface area contributed by atoms with Crippen LogP contribution in [0.25, 0.3) is 10.2 Å². The van der Waals surface area contributed by atoms with Crippen molar-refractivity contribution in [3.63, 3.8) is 0 Å². The third-order valence-corrected chi connectivity index (χ3v) is 6.39. The van der Waals surface area contributed by atoms with Gasteiger partial charge < -0.3 is 19.4 Å². The van der Waals surface area contributed by atoms with E-state index in [-0.39, 0.29) is 18.1 Å². The average molecular weight is 465 g/mol. The van der Waals surface area contributed by atoms with Gasteiger partial charge in [-0.25, -0.2) is 4.98 Å². The number of thiophene rings is 1. The molecule has 3 aromatic heterocycles. The van der Waals surface area contributed by atoms with Crippen LogP contribution in [0.3, 0.4) is 0 Å². The predicted octanol–water partition coefficient (Wildman–Crippen LogP) is 3.29. The van der Waals surface area contributed by atoms with Gasteiger partial charge in [-0.3, -0.25) is 9.59 Å². The number of hydrogen-bond acceptors (Lipinski definition) is 7. The number of methoxy groups -OCH3 is 2. The van der Waals surface area contributed by atoms with E-state index in [4.69, 9.17) is 9.47 Å². The Morgan fingerprint density at radius 3 is 2.55 bits per heavy atom. The quantitative estimate of drug-likeness (QED) is 0.430. The lowest BCUT2D eigenvalue weighted by molar-refractivity contribution is 0.0954. The number of nitrogens with zero attached hydrogens (tertiary/aromatic N) is 3. The van der Waals surface area contributed by atoms with Crippen molar-refractivity contribution < 1.29 is 14.3 Å². The number of nitrogens with one attached hydrogen (secondary N) is 1. The molecule has 170 valence electrons. The van der Waals surface area contributed by atoms with Crippen molar-refractivity contribution in [1.82, 2.24) is 19.9 Å². The summed E-state index contributed by atoms with van der Waals surface area (Å²) in [5.41, 5.74) is 2.72. The molecule has 0 aliphatic carbocycles. The van der Waals surface area contributed by atoms with E-state index in [0.29, 0.717) is 34.5 Å². The Hall–Kier alpha value is -3.56. The van der Waals surface area contributed by atoms with E-state index in [9.17, 15) is 9.59 Å². The van der Waals surface area contributed by atoms with Crippen LogP contribution in [0.4, 0.5) is 0 Å². The zero-order valence-corrected chi connectivity index (χ0v) is 19.4. The van der Waals surface area contributed by atoms with Gasteiger partial charge in [0, 0.05) is 25.9 Å². The maximum Gasteiger partial charge on any atom is 0.261 e. The first-order valence-corrected chi connectivity index (χ1v) is 11.2. The number of fused-ring (bicyclic) bond motifs is 1. The van der Waals surface area contributed by atoms with Crippen molar-refractivity contribution in [3.05, 3.63) is 86.4 Å². The predicted molar refractivity (Wildman–Crippen MR) is 127 cm³/mol. The molecule has 1 aromatic carbocycles. The molecule has 0 bridgehead atoms. The maximum absolute atomic E-state index is 12.9. The minimum atomic E-state index is -0.175. The molecule has 9 heteroatoms. The van der Waals surface area contributed by atoms with Crippen LogP contribution in [0, 0.1) is 6.92 Å². The minimum Gasteiger partial charge on any atom is -0.480 e. The number of amides is 1. The summed E-state index contributed by atoms with van der Waals surface area (Å²) in [5, 5.41) is 3.72. The highest BCUT2D eigenvalue weighted by atomic mass is 32.1. The molecule has 0 radical (unpaired) electrons. The summed E-state index contributed by atoms with van der Waals surface area (Å²) in [6.45, 7) is 3.02. The topological polar surface area (TPSA) is 95.3 Å². The molecule has 0 fully saturated rings. The summed E-state index contributed by atoms with van der Waals surface area (Å²) in [6, 6.07) is 12.9. The number of pyridine rings is 1. The monoisotopic (exact) mass is 464 g/mol. The molecule has 0 saturated heterocycles. The molecule has 0 aliphatic rings. The number of aromatic nitrogens is 3. The lowest BCUT2D eigenvalue weighted by Crippen LogP contribution is -2.22. The van der Waals surface area contributed by atoms with Gasteiger partial charge in [0.1, 0.15) is 11.4 Å². The molecule has 4 aromatic rings. The Morgan fingerprint density at radius 1 is 1.09 bits per heavy atom. The van der Waals surface area contributed by atoms with E-state index >= 15 is 0 Å². The zero-order valence-electron chi connectivity index (χ0n) is 18.6. The Balaban J connectivity index is 1.47. The third-order valence-electron chi connectivity index (χ3n) is 5.20. The Labute approximate surface area is 194 Å². The number of carbonyl (C=O) groups is 1. The molecule has 0 aliphatic heterocycles. The molecule has 33 heavy (non-hydrogen) atoms. The highest BCUT2D eigenvalue weighted by molar-refractivity contribution is 7.20. The first-order valence-electron chi connectivity index (χ1n) is 10.3. The van der Waals surface area contributed by atoms with E-state index in [0.717, 1.165) is 22.1 Å². The number of hydrogen-bond donors (Lipinski definition) is 1. The lowest BCUT2D eigenvalue weighted by atomic mass is 10.1. The SMILES string of the molecule is COCc1nc(OC)c2c(C)c(C(=O)NCc3ccc(Cn4ccccc4=O)cc3)sc2n1. The summed E-state index contributed by atoms with van der Waals surface area (Å²) < 4.78 is 12.2. The minimum absolute atomic E-state index is 0.0387. The fraction of sp³-hybridized carbons (Fsp3) is 0.250. The standard InChI is InChI=1S/C24H24N4O4S/c1-15-20-23(32-3)26-18(14-31-2)27-24(20)33-21(15)22(30)25-12-16-7-9-17(10-8-16)13-28-11-5-4-6-19(28)29/h4-11H,12-14H2,1-3H3,(H,25,30). The van der Waals surface area contributed by atoms with Gasteiger partial charge in [0.2, 0.25) is 5.88 Å². The van der Waals surface area contributed by atoms with Crippen LogP contribution in [0.5, 0.6) is 5.88 Å². The van der Waals surface area contributed by atoms with Crippen LogP contribution in [-0.2, 0) is 24.4 Å². The van der Waals surface area contributed by atoms with Crippen LogP contribution in [0.1, 0.15) is 32.2 Å². The molecule has 1 N–H and O–H groups in total. The van der Waals surface area contributed by atoms with Gasteiger partial charge in [-0.15, -0.1) is 11.3 Å². The van der Waals surface area contributed by atoms with Crippen LogP contribution in [0.15, 0.2) is 53.5 Å². The summed E-state index contributed by atoms with van der Waals surface area (Å²) in [4.78, 5) is 34.9. The zero-order chi connectivity index (χ0) is 23.4. The first kappa shape index (κ1) is 22.6. The summed E-state index contributed by atoms with van der Waals surface area (Å²) >= 11 is 1.31. The molecular formula is C24H24N4O4S. The van der Waals surface area contributed by atoms with E-state index in [1.54, 1.807) is 37.1 Å². The van der Waals surface area contributed by atoms with E-state index in [1.807, 2.05) is 37.3 Å². The number of carbonyl (C=O) groups excluding carboxylic acids is 1. The van der Waals surface area contributed by atoms with Crippen LogP contribution in [0.2, 0.25) is 0 Å². The van der Waals surface area contributed by atoms with Crippen LogP contribution >= 0.6 is 11.3 Å². The number of aryl methyl sites for hydroxylation is 1. The summed E-state index contributed by atoms with van der Waals surface area (Å²) in [7, 11) is 3.12. The van der Waals surface area contributed by atoms with Gasteiger partial charge in [0.05, 0.1) is 23.9 Å². The molecule has 0 spiro atoms.